The summed E-state index contributed by atoms with van der Waals surface area (Å²) in [6, 6.07) is 0.168. The average Bonchev–Trinajstić information content (AvgIpc) is 2.75. The summed E-state index contributed by atoms with van der Waals surface area (Å²) >= 11 is 0. The number of carbonyl (C=O) groups excluding carboxylic acids is 1. The highest BCUT2D eigenvalue weighted by atomic mass is 16.3. The molecule has 2 fully saturated rings. The molecule has 0 aromatic heterocycles. The molecule has 2 rings (SSSR count). The Bertz CT molecular complexity index is 265. The van der Waals surface area contributed by atoms with E-state index in [2.05, 4.69) is 10.6 Å². The number of amides is 1. The molecule has 2 aliphatic carbocycles. The van der Waals surface area contributed by atoms with Crippen LogP contribution in [0.1, 0.15) is 51.9 Å². The number of aliphatic hydroxyl groups excluding tert-OH is 1. The van der Waals surface area contributed by atoms with Gasteiger partial charge in [-0.1, -0.05) is 12.8 Å². The molecule has 3 N–H and O–H groups in total. The zero-order chi connectivity index (χ0) is 12.3. The lowest BCUT2D eigenvalue weighted by molar-refractivity contribution is -0.124. The first kappa shape index (κ1) is 12.8. The number of aliphatic hydroxyl groups is 1. The molecular weight excluding hydrogens is 216 g/mol. The molecule has 0 bridgehead atoms. The molecule has 17 heavy (non-hydrogen) atoms. The summed E-state index contributed by atoms with van der Waals surface area (Å²) in [7, 11) is 0. The highest BCUT2D eigenvalue weighted by molar-refractivity contribution is 5.81. The van der Waals surface area contributed by atoms with Crippen LogP contribution in [-0.2, 0) is 4.79 Å². The first-order valence-electron chi connectivity index (χ1n) is 6.84. The van der Waals surface area contributed by atoms with Crippen molar-refractivity contribution >= 4 is 5.91 Å². The summed E-state index contributed by atoms with van der Waals surface area (Å²) in [6.45, 7) is 2.02. The number of hydrogen-bond acceptors (Lipinski definition) is 3. The van der Waals surface area contributed by atoms with Crippen molar-refractivity contribution in [2.75, 3.05) is 6.61 Å². The quantitative estimate of drug-likeness (QED) is 0.670. The predicted molar refractivity (Wildman–Crippen MR) is 66.7 cm³/mol. The van der Waals surface area contributed by atoms with Crippen molar-refractivity contribution in [3.8, 4) is 0 Å². The smallest absolute Gasteiger partial charge is 0.237 e. The lowest BCUT2D eigenvalue weighted by atomic mass is 9.77. The van der Waals surface area contributed by atoms with E-state index < -0.39 is 0 Å². The molecule has 0 heterocycles. The Morgan fingerprint density at radius 1 is 1.35 bits per heavy atom. The number of carbonyl (C=O) groups is 1. The molecule has 1 unspecified atom stereocenters. The topological polar surface area (TPSA) is 61.4 Å². The van der Waals surface area contributed by atoms with Crippen LogP contribution < -0.4 is 10.6 Å². The second kappa shape index (κ2) is 5.36. The molecule has 2 saturated carbocycles. The molecular formula is C13H24N2O2. The monoisotopic (exact) mass is 240 g/mol. The standard InChI is InChI=1S/C13H24N2O2/c1-10(15-13(9-16)7-4-8-13)12(17)14-11-5-2-3-6-11/h10-11,15-16H,2-9H2,1H3,(H,14,17). The molecule has 0 radical (unpaired) electrons. The van der Waals surface area contributed by atoms with Crippen LogP contribution in [0.4, 0.5) is 0 Å². The fourth-order valence-corrected chi connectivity index (χ4v) is 2.87. The maximum absolute atomic E-state index is 12.0. The Morgan fingerprint density at radius 3 is 2.47 bits per heavy atom. The van der Waals surface area contributed by atoms with Gasteiger partial charge < -0.3 is 10.4 Å². The van der Waals surface area contributed by atoms with Crippen LogP contribution in [0.3, 0.4) is 0 Å². The Kier molecular flexibility index (Phi) is 4.05. The van der Waals surface area contributed by atoms with E-state index in [1.807, 2.05) is 6.92 Å². The minimum absolute atomic E-state index is 0.0802. The SMILES string of the molecule is CC(NC1(CO)CCC1)C(=O)NC1CCCC1. The summed E-state index contributed by atoms with van der Waals surface area (Å²) in [6.07, 6.45) is 7.79. The molecule has 2 aliphatic rings. The first-order chi connectivity index (χ1) is 8.15. The molecule has 0 aliphatic heterocycles. The largest absolute Gasteiger partial charge is 0.394 e. The van der Waals surface area contributed by atoms with Crippen molar-refractivity contribution in [2.24, 2.45) is 0 Å². The van der Waals surface area contributed by atoms with Crippen molar-refractivity contribution in [3.63, 3.8) is 0 Å². The number of nitrogens with one attached hydrogen (secondary N) is 2. The maximum Gasteiger partial charge on any atom is 0.237 e. The van der Waals surface area contributed by atoms with Crippen LogP contribution in [0.25, 0.3) is 0 Å². The van der Waals surface area contributed by atoms with Gasteiger partial charge in [0.25, 0.3) is 0 Å². The van der Waals surface area contributed by atoms with E-state index in [9.17, 15) is 9.90 Å². The molecule has 98 valence electrons. The Morgan fingerprint density at radius 2 is 2.00 bits per heavy atom. The third-order valence-electron chi connectivity index (χ3n) is 4.23. The summed E-state index contributed by atoms with van der Waals surface area (Å²) in [4.78, 5) is 12.0. The highest BCUT2D eigenvalue weighted by Gasteiger charge is 2.38. The fraction of sp³-hybridized carbons (Fsp3) is 0.923. The van der Waals surface area contributed by atoms with E-state index in [0.717, 1.165) is 32.1 Å². The van der Waals surface area contributed by atoms with E-state index in [0.29, 0.717) is 6.04 Å². The number of rotatable bonds is 5. The summed E-state index contributed by atoms with van der Waals surface area (Å²) in [5.41, 5.74) is -0.188. The minimum Gasteiger partial charge on any atom is -0.394 e. The molecule has 1 atom stereocenters. The van der Waals surface area contributed by atoms with Gasteiger partial charge >= 0.3 is 0 Å². The van der Waals surface area contributed by atoms with Gasteiger partial charge in [-0.2, -0.15) is 0 Å². The van der Waals surface area contributed by atoms with E-state index >= 15 is 0 Å². The van der Waals surface area contributed by atoms with Gasteiger partial charge in [0.05, 0.1) is 12.6 Å². The van der Waals surface area contributed by atoms with Crippen LogP contribution in [0, 0.1) is 0 Å². The van der Waals surface area contributed by atoms with Gasteiger partial charge in [-0.3, -0.25) is 10.1 Å². The third-order valence-corrected chi connectivity index (χ3v) is 4.23. The van der Waals surface area contributed by atoms with E-state index in [-0.39, 0.29) is 24.1 Å². The van der Waals surface area contributed by atoms with Crippen LogP contribution in [0.15, 0.2) is 0 Å². The third kappa shape index (κ3) is 2.99. The molecule has 4 heteroatoms. The van der Waals surface area contributed by atoms with Crippen LogP contribution in [-0.4, -0.2) is 35.2 Å². The van der Waals surface area contributed by atoms with E-state index in [1.165, 1.54) is 12.8 Å². The number of hydrogen-bond donors (Lipinski definition) is 3. The minimum atomic E-state index is -0.206. The van der Waals surface area contributed by atoms with E-state index in [4.69, 9.17) is 0 Å². The summed E-state index contributed by atoms with van der Waals surface area (Å²) in [5.74, 6) is 0.0802. The van der Waals surface area contributed by atoms with Crippen molar-refractivity contribution < 1.29 is 9.90 Å². The van der Waals surface area contributed by atoms with Crippen LogP contribution in [0.5, 0.6) is 0 Å². The molecule has 0 spiro atoms. The second-order valence-electron chi connectivity index (χ2n) is 5.65. The second-order valence-corrected chi connectivity index (χ2v) is 5.65. The van der Waals surface area contributed by atoms with Gasteiger partial charge in [0.15, 0.2) is 0 Å². The molecule has 0 aromatic carbocycles. The van der Waals surface area contributed by atoms with Gasteiger partial charge in [-0.25, -0.2) is 0 Å². The lowest BCUT2D eigenvalue weighted by Crippen LogP contribution is -2.60. The summed E-state index contributed by atoms with van der Waals surface area (Å²) < 4.78 is 0. The Hall–Kier alpha value is -0.610. The summed E-state index contributed by atoms with van der Waals surface area (Å²) in [5, 5.41) is 15.7. The normalized spacial score (nSPS) is 25.3. The highest BCUT2D eigenvalue weighted by Crippen LogP contribution is 2.31. The van der Waals surface area contributed by atoms with Crippen molar-refractivity contribution in [1.29, 1.82) is 0 Å². The van der Waals surface area contributed by atoms with Gasteiger partial charge in [0.1, 0.15) is 0 Å². The first-order valence-corrected chi connectivity index (χ1v) is 6.84. The molecule has 1 amide bonds. The molecule has 4 nitrogen and oxygen atoms in total. The zero-order valence-corrected chi connectivity index (χ0v) is 10.7. The van der Waals surface area contributed by atoms with E-state index in [1.54, 1.807) is 0 Å². The Balaban J connectivity index is 1.78. The molecule has 0 aromatic rings. The van der Waals surface area contributed by atoms with Crippen molar-refractivity contribution in [2.45, 2.75) is 69.5 Å². The molecule has 0 saturated heterocycles. The van der Waals surface area contributed by atoms with Gasteiger partial charge in [-0.15, -0.1) is 0 Å². The van der Waals surface area contributed by atoms with Crippen molar-refractivity contribution in [1.82, 2.24) is 10.6 Å². The average molecular weight is 240 g/mol. The van der Waals surface area contributed by atoms with Gasteiger partial charge in [-0.05, 0) is 39.0 Å². The Labute approximate surface area is 103 Å². The maximum atomic E-state index is 12.0. The fourth-order valence-electron chi connectivity index (χ4n) is 2.87. The van der Waals surface area contributed by atoms with Gasteiger partial charge in [0, 0.05) is 11.6 Å². The van der Waals surface area contributed by atoms with Crippen LogP contribution in [0.2, 0.25) is 0 Å². The van der Waals surface area contributed by atoms with Crippen molar-refractivity contribution in [3.05, 3.63) is 0 Å². The predicted octanol–water partition coefficient (Wildman–Crippen LogP) is 0.938. The van der Waals surface area contributed by atoms with Crippen LogP contribution >= 0.6 is 0 Å². The zero-order valence-electron chi connectivity index (χ0n) is 10.7. The lowest BCUT2D eigenvalue weighted by Gasteiger charge is -2.43. The van der Waals surface area contributed by atoms with Gasteiger partial charge in [0.2, 0.25) is 5.91 Å².